The van der Waals surface area contributed by atoms with Gasteiger partial charge in [0, 0.05) is 50.8 Å². The Bertz CT molecular complexity index is 923. The summed E-state index contributed by atoms with van der Waals surface area (Å²) < 4.78 is 4.17. The minimum Gasteiger partial charge on any atom is -0.358 e. The van der Waals surface area contributed by atoms with Crippen LogP contribution in [0.15, 0.2) is 65.7 Å². The van der Waals surface area contributed by atoms with Gasteiger partial charge in [-0.25, -0.2) is 4.99 Å². The van der Waals surface area contributed by atoms with Crippen molar-refractivity contribution in [3.8, 4) is 0 Å². The number of hydrogen-bond acceptors (Lipinski definition) is 1. The predicted octanol–water partition coefficient (Wildman–Crippen LogP) is 3.28. The molecule has 0 unspecified atom stereocenters. The van der Waals surface area contributed by atoms with E-state index >= 15 is 0 Å². The van der Waals surface area contributed by atoms with Gasteiger partial charge in [-0.05, 0) is 12.1 Å². The molecule has 107 valence electrons. The Kier molecular flexibility index (Phi) is 5.10. The van der Waals surface area contributed by atoms with Gasteiger partial charge in [0.2, 0.25) is 6.34 Å². The van der Waals surface area contributed by atoms with Crippen LogP contribution in [0.2, 0.25) is 0 Å². The summed E-state index contributed by atoms with van der Waals surface area (Å²) in [7, 11) is 2.07. The molecule has 1 aliphatic heterocycles. The molecule has 1 radical (unpaired) electrons. The van der Waals surface area contributed by atoms with Crippen LogP contribution < -0.4 is 10.1 Å². The molecule has 0 amide bonds. The van der Waals surface area contributed by atoms with Crippen LogP contribution in [-0.4, -0.2) is 10.9 Å². The van der Waals surface area contributed by atoms with Crippen molar-refractivity contribution >= 4 is 28.6 Å². The van der Waals surface area contributed by atoms with E-state index < -0.39 is 0 Å². The normalized spacial score (nSPS) is 14.2. The average molecular weight is 363 g/mol. The summed E-state index contributed by atoms with van der Waals surface area (Å²) in [4.78, 5) is 4.34. The van der Waals surface area contributed by atoms with Crippen molar-refractivity contribution in [2.75, 3.05) is 0 Å². The number of rotatable bonds is 0. The largest absolute Gasteiger partial charge is 0.358 e. The molecule has 0 aliphatic carbocycles. The van der Waals surface area contributed by atoms with E-state index in [-0.39, 0.29) is 40.1 Å². The van der Waals surface area contributed by atoms with E-state index in [2.05, 4.69) is 65.4 Å². The zero-order valence-corrected chi connectivity index (χ0v) is 15.5. The quantitative estimate of drug-likeness (QED) is 0.432. The van der Waals surface area contributed by atoms with Crippen molar-refractivity contribution in [2.45, 2.75) is 0 Å². The molecule has 3 nitrogen and oxygen atoms in total. The maximum Gasteiger partial charge on any atom is 0.208 e. The molecule has 1 aliphatic rings. The van der Waals surface area contributed by atoms with Gasteiger partial charge in [-0.3, -0.25) is 0 Å². The number of benzene rings is 2. The molecule has 0 atom stereocenters. The summed E-state index contributed by atoms with van der Waals surface area (Å²) in [6.07, 6.45) is 3.08. The monoisotopic (exact) mass is 363 g/mol. The first-order chi connectivity index (χ1) is 9.84. The van der Waals surface area contributed by atoms with Crippen molar-refractivity contribution in [3.05, 3.63) is 73.6 Å². The zero-order valence-electron chi connectivity index (χ0n) is 12.7. The fraction of sp³-hybridized carbons (Fsp3) is 0.0556. The standard InChI is InChI=1S/C17H13N3.CH3.Y/c1-19-15-8-4-2-6-13(15)10-11-17(19)20-12-18-14-7-3-5-9-16(14)20;;/h2-11H,1H3;1H3;/q;-1;. The molecule has 0 N–H and O–H groups in total. The molecule has 0 saturated carbocycles. The Morgan fingerprint density at radius 3 is 2.55 bits per heavy atom. The van der Waals surface area contributed by atoms with Gasteiger partial charge >= 0.3 is 0 Å². The Morgan fingerprint density at radius 2 is 1.68 bits per heavy atom. The van der Waals surface area contributed by atoms with Gasteiger partial charge in [0.15, 0.2) is 5.49 Å². The molecular weight excluding hydrogens is 347 g/mol. The summed E-state index contributed by atoms with van der Waals surface area (Å²) in [5.41, 5.74) is 4.27. The topological polar surface area (TPSA) is 20.3 Å². The van der Waals surface area contributed by atoms with Crippen LogP contribution in [0.1, 0.15) is 0 Å². The first-order valence-corrected chi connectivity index (χ1v) is 6.58. The molecule has 0 fully saturated rings. The summed E-state index contributed by atoms with van der Waals surface area (Å²) in [6, 6.07) is 20.7. The number of aliphatic imine (C=N–C) groups is 1. The van der Waals surface area contributed by atoms with Crippen LogP contribution in [0.5, 0.6) is 0 Å². The van der Waals surface area contributed by atoms with Crippen molar-refractivity contribution in [3.63, 3.8) is 0 Å². The number of hydrogen-bond donors (Lipinski definition) is 0. The molecule has 2 heterocycles. The fourth-order valence-corrected chi connectivity index (χ4v) is 2.64. The number of aromatic nitrogens is 1. The summed E-state index contributed by atoms with van der Waals surface area (Å²) in [5, 5.41) is 1.23. The van der Waals surface area contributed by atoms with Gasteiger partial charge in [0.1, 0.15) is 0 Å². The number of pyridine rings is 1. The smallest absolute Gasteiger partial charge is 0.208 e. The molecule has 3 aromatic rings. The first kappa shape index (κ1) is 16.8. The Labute approximate surface area is 155 Å². The maximum atomic E-state index is 4.34. The Balaban J connectivity index is 0.000000882. The minimum atomic E-state index is 0. The van der Waals surface area contributed by atoms with Crippen LogP contribution in [0, 0.1) is 7.43 Å². The number of fused-ring (bicyclic) bond motifs is 2. The van der Waals surface area contributed by atoms with Crippen molar-refractivity contribution in [2.24, 2.45) is 12.0 Å². The minimum absolute atomic E-state index is 0. The summed E-state index contributed by atoms with van der Waals surface area (Å²) >= 11 is 0. The fourth-order valence-electron chi connectivity index (χ4n) is 2.64. The van der Waals surface area contributed by atoms with Crippen LogP contribution in [0.25, 0.3) is 10.9 Å². The molecule has 1 aromatic heterocycles. The third-order valence-corrected chi connectivity index (χ3v) is 3.68. The number of aryl methyl sites for hydroxylation is 1. The maximum absolute atomic E-state index is 4.34. The summed E-state index contributed by atoms with van der Waals surface area (Å²) in [6.45, 7) is 0. The third-order valence-electron chi connectivity index (χ3n) is 3.68. The molecule has 0 bridgehead atoms. The van der Waals surface area contributed by atoms with Crippen LogP contribution in [-0.2, 0) is 39.8 Å². The zero-order chi connectivity index (χ0) is 13.5. The molecule has 0 saturated heterocycles. The Hall–Kier alpha value is -1.58. The number of para-hydroxylation sites is 3. The molecule has 2 aromatic carbocycles. The van der Waals surface area contributed by atoms with Crippen molar-refractivity contribution < 1.29 is 32.7 Å². The first-order valence-electron chi connectivity index (χ1n) is 6.58. The van der Waals surface area contributed by atoms with Gasteiger partial charge in [-0.1, -0.05) is 48.5 Å². The Morgan fingerprint density at radius 1 is 0.955 bits per heavy atom. The van der Waals surface area contributed by atoms with E-state index in [1.54, 1.807) is 0 Å². The van der Waals surface area contributed by atoms with E-state index in [1.807, 2.05) is 22.8 Å². The molecule has 0 spiro atoms. The molecule has 22 heavy (non-hydrogen) atoms. The van der Waals surface area contributed by atoms with Gasteiger partial charge in [0.05, 0.1) is 11.2 Å². The van der Waals surface area contributed by atoms with Gasteiger partial charge in [0.25, 0.3) is 0 Å². The summed E-state index contributed by atoms with van der Waals surface area (Å²) in [5.74, 6) is 0. The van der Waals surface area contributed by atoms with Crippen LogP contribution in [0.3, 0.4) is 0 Å². The third kappa shape index (κ3) is 2.60. The van der Waals surface area contributed by atoms with Gasteiger partial charge in [-0.2, -0.15) is 0 Å². The molecule has 4 rings (SSSR count). The number of nitrogens with zero attached hydrogens (tertiary/aromatic N) is 3. The predicted molar refractivity (Wildman–Crippen MR) is 87.8 cm³/mol. The average Bonchev–Trinajstić information content (AvgIpc) is 2.92. The van der Waals surface area contributed by atoms with Crippen molar-refractivity contribution in [1.29, 1.82) is 0 Å². The van der Waals surface area contributed by atoms with E-state index in [0.29, 0.717) is 0 Å². The van der Waals surface area contributed by atoms with Gasteiger partial charge < -0.3 is 16.6 Å². The van der Waals surface area contributed by atoms with E-state index in [9.17, 15) is 0 Å². The van der Waals surface area contributed by atoms with E-state index in [4.69, 9.17) is 0 Å². The SMILES string of the molecule is Cn1c(=[N+]2[C-]=Nc3ccccc32)ccc2ccccc21.[CH3-].[Y]. The second-order valence-electron chi connectivity index (χ2n) is 4.85. The van der Waals surface area contributed by atoms with E-state index in [1.165, 1.54) is 10.9 Å². The van der Waals surface area contributed by atoms with Gasteiger partial charge in [-0.15, -0.1) is 0 Å². The van der Waals surface area contributed by atoms with Crippen LogP contribution in [0.4, 0.5) is 11.4 Å². The molecule has 4 heteroatoms. The van der Waals surface area contributed by atoms with Crippen molar-refractivity contribution in [1.82, 2.24) is 9.14 Å². The second kappa shape index (κ2) is 6.68. The van der Waals surface area contributed by atoms with Crippen LogP contribution >= 0.6 is 0 Å². The van der Waals surface area contributed by atoms with E-state index in [0.717, 1.165) is 16.9 Å². The molecular formula is C18H16N3Y-. The second-order valence-corrected chi connectivity index (χ2v) is 4.85.